The molecule has 1 saturated heterocycles. The molecule has 8 heteroatoms. The maximum atomic E-state index is 10.9. The van der Waals surface area contributed by atoms with Gasteiger partial charge in [-0.15, -0.1) is 0 Å². The summed E-state index contributed by atoms with van der Waals surface area (Å²) in [5.41, 5.74) is 0. The number of hydrogen-bond acceptors (Lipinski definition) is 6. The highest BCUT2D eigenvalue weighted by molar-refractivity contribution is 5.73. The Hall–Kier alpha value is -1.22. The molecule has 4 N–H and O–H groups in total. The van der Waals surface area contributed by atoms with E-state index in [0.717, 1.165) is 0 Å². The van der Waals surface area contributed by atoms with Gasteiger partial charge in [0.15, 0.2) is 18.5 Å². The van der Waals surface area contributed by atoms with Crippen molar-refractivity contribution in [3.63, 3.8) is 0 Å². The summed E-state index contributed by atoms with van der Waals surface area (Å²) in [6, 6.07) is 0. The second-order valence-electron chi connectivity index (χ2n) is 4.69. The molecule has 0 spiro atoms. The first-order valence-corrected chi connectivity index (χ1v) is 6.50. The molecule has 0 amide bonds. The number of carboxylic acid groups (broad SMARTS) is 2. The fourth-order valence-electron chi connectivity index (χ4n) is 1.97. The normalized spacial score (nSPS) is 28.0. The zero-order valence-electron chi connectivity index (χ0n) is 11.0. The number of unbranched alkanes of at least 4 members (excludes halogenated alkanes) is 1. The van der Waals surface area contributed by atoms with Crippen molar-refractivity contribution in [2.45, 2.75) is 56.7 Å². The van der Waals surface area contributed by atoms with Crippen molar-refractivity contribution in [2.24, 2.45) is 0 Å². The molecule has 1 rings (SSSR count). The molecule has 20 heavy (non-hydrogen) atoms. The molecule has 1 aliphatic rings. The molecule has 0 aliphatic carbocycles. The van der Waals surface area contributed by atoms with Gasteiger partial charge in [0.25, 0.3) is 0 Å². The lowest BCUT2D eigenvalue weighted by atomic mass is 10.0. The molecule has 116 valence electrons. The molecule has 0 aromatic heterocycles. The van der Waals surface area contributed by atoms with E-state index in [0.29, 0.717) is 25.7 Å². The minimum absolute atomic E-state index is 0.126. The van der Waals surface area contributed by atoms with Gasteiger partial charge in [0.2, 0.25) is 0 Å². The number of ether oxygens (including phenoxy) is 2. The van der Waals surface area contributed by atoms with Crippen LogP contribution in [0.5, 0.6) is 0 Å². The van der Waals surface area contributed by atoms with Gasteiger partial charge >= 0.3 is 11.9 Å². The molecule has 1 heterocycles. The van der Waals surface area contributed by atoms with E-state index in [1.807, 2.05) is 0 Å². The lowest BCUT2D eigenvalue weighted by Crippen LogP contribution is -2.45. The summed E-state index contributed by atoms with van der Waals surface area (Å²) in [5.74, 6) is -2.44. The number of aliphatic hydroxyl groups excluding tert-OH is 2. The van der Waals surface area contributed by atoms with Crippen molar-refractivity contribution >= 4 is 11.9 Å². The Morgan fingerprint density at radius 1 is 1.25 bits per heavy atom. The zero-order valence-corrected chi connectivity index (χ0v) is 11.0. The molecule has 1 aliphatic heterocycles. The first-order chi connectivity index (χ1) is 9.41. The van der Waals surface area contributed by atoms with Gasteiger partial charge in [-0.05, 0) is 25.7 Å². The molecule has 0 saturated carbocycles. The molecule has 0 radical (unpaired) electrons. The highest BCUT2D eigenvalue weighted by Gasteiger charge is 2.36. The van der Waals surface area contributed by atoms with E-state index in [2.05, 4.69) is 0 Å². The molecule has 8 nitrogen and oxygen atoms in total. The first-order valence-electron chi connectivity index (χ1n) is 6.50. The van der Waals surface area contributed by atoms with Crippen LogP contribution in [-0.2, 0) is 19.1 Å². The molecular formula is C12H20O8. The molecule has 0 bridgehead atoms. The number of aliphatic hydroxyl groups is 2. The molecule has 1 fully saturated rings. The van der Waals surface area contributed by atoms with Crippen molar-refractivity contribution in [3.8, 4) is 0 Å². The van der Waals surface area contributed by atoms with Crippen LogP contribution in [-0.4, -0.2) is 63.6 Å². The van der Waals surface area contributed by atoms with Crippen molar-refractivity contribution < 1.29 is 39.5 Å². The summed E-state index contributed by atoms with van der Waals surface area (Å²) in [5, 5.41) is 35.7. The van der Waals surface area contributed by atoms with Gasteiger partial charge < -0.3 is 29.9 Å². The fourth-order valence-corrected chi connectivity index (χ4v) is 1.97. The second-order valence-corrected chi connectivity index (χ2v) is 4.69. The molecule has 4 atom stereocenters. The van der Waals surface area contributed by atoms with Gasteiger partial charge in [0.05, 0.1) is 6.10 Å². The molecule has 3 unspecified atom stereocenters. The summed E-state index contributed by atoms with van der Waals surface area (Å²) >= 11 is 0. The van der Waals surface area contributed by atoms with Crippen LogP contribution in [0.2, 0.25) is 0 Å². The van der Waals surface area contributed by atoms with Crippen LogP contribution in [0.3, 0.4) is 0 Å². The van der Waals surface area contributed by atoms with Crippen molar-refractivity contribution in [3.05, 3.63) is 0 Å². The van der Waals surface area contributed by atoms with Crippen LogP contribution in [0.25, 0.3) is 0 Å². The van der Waals surface area contributed by atoms with Gasteiger partial charge in [-0.25, -0.2) is 9.59 Å². The van der Waals surface area contributed by atoms with Crippen molar-refractivity contribution in [2.75, 3.05) is 6.61 Å². The Morgan fingerprint density at radius 2 is 1.95 bits per heavy atom. The van der Waals surface area contributed by atoms with Crippen LogP contribution < -0.4 is 0 Å². The average Bonchev–Trinajstić information content (AvgIpc) is 2.39. The van der Waals surface area contributed by atoms with Crippen LogP contribution in [0.15, 0.2) is 0 Å². The predicted molar refractivity (Wildman–Crippen MR) is 65.0 cm³/mol. The van der Waals surface area contributed by atoms with Gasteiger partial charge in [-0.2, -0.15) is 0 Å². The minimum Gasteiger partial charge on any atom is -0.479 e. The van der Waals surface area contributed by atoms with Gasteiger partial charge in [-0.3, -0.25) is 0 Å². The fraction of sp³-hybridized carbons (Fsp3) is 0.833. The lowest BCUT2D eigenvalue weighted by molar-refractivity contribution is -0.219. The molecular weight excluding hydrogens is 272 g/mol. The highest BCUT2D eigenvalue weighted by atomic mass is 16.6. The number of carboxylic acids is 2. The third-order valence-corrected chi connectivity index (χ3v) is 3.07. The van der Waals surface area contributed by atoms with Gasteiger partial charge in [-0.1, -0.05) is 0 Å². The summed E-state index contributed by atoms with van der Waals surface area (Å²) in [6.07, 6.45) is -2.49. The molecule has 0 aromatic carbocycles. The lowest BCUT2D eigenvalue weighted by Gasteiger charge is -2.31. The number of hydrogen-bond donors (Lipinski definition) is 4. The Balaban J connectivity index is 2.23. The standard InChI is InChI=1S/C12H20O8/c13-7(11(15)16)3-1-2-6-19-8-4-5-9(14)20-10(8)12(17)18/h7-10,13-14H,1-6H2,(H,15,16)(H,17,18)/t7?,8?,9?,10-/m0/s1. The largest absolute Gasteiger partial charge is 0.479 e. The Morgan fingerprint density at radius 3 is 2.55 bits per heavy atom. The van der Waals surface area contributed by atoms with Crippen molar-refractivity contribution in [1.82, 2.24) is 0 Å². The van der Waals surface area contributed by atoms with E-state index in [-0.39, 0.29) is 13.0 Å². The third-order valence-electron chi connectivity index (χ3n) is 3.07. The van der Waals surface area contributed by atoms with Gasteiger partial charge in [0.1, 0.15) is 0 Å². The highest BCUT2D eigenvalue weighted by Crippen LogP contribution is 2.21. The maximum absolute atomic E-state index is 10.9. The van der Waals surface area contributed by atoms with Crippen LogP contribution in [0.4, 0.5) is 0 Å². The van der Waals surface area contributed by atoms with E-state index in [4.69, 9.17) is 24.8 Å². The Labute approximate surface area is 115 Å². The van der Waals surface area contributed by atoms with E-state index < -0.39 is 36.5 Å². The van der Waals surface area contributed by atoms with Crippen molar-refractivity contribution in [1.29, 1.82) is 0 Å². The van der Waals surface area contributed by atoms with E-state index in [1.54, 1.807) is 0 Å². The summed E-state index contributed by atoms with van der Waals surface area (Å²) in [6.45, 7) is 0.250. The topological polar surface area (TPSA) is 134 Å². The van der Waals surface area contributed by atoms with Crippen LogP contribution in [0.1, 0.15) is 32.1 Å². The summed E-state index contributed by atoms with van der Waals surface area (Å²) in [7, 11) is 0. The predicted octanol–water partition coefficient (Wildman–Crippen LogP) is -0.431. The number of aliphatic carboxylic acids is 2. The number of rotatable bonds is 8. The van der Waals surface area contributed by atoms with E-state index in [1.165, 1.54) is 0 Å². The quantitative estimate of drug-likeness (QED) is 0.443. The minimum atomic E-state index is -1.38. The summed E-state index contributed by atoms with van der Waals surface area (Å²) < 4.78 is 10.3. The van der Waals surface area contributed by atoms with Crippen LogP contribution >= 0.6 is 0 Å². The number of carbonyl (C=O) groups is 2. The Kier molecular flexibility index (Phi) is 6.86. The van der Waals surface area contributed by atoms with Crippen LogP contribution in [0, 0.1) is 0 Å². The van der Waals surface area contributed by atoms with Gasteiger partial charge in [0, 0.05) is 13.0 Å². The monoisotopic (exact) mass is 292 g/mol. The van der Waals surface area contributed by atoms with E-state index >= 15 is 0 Å². The average molecular weight is 292 g/mol. The second kappa shape index (κ2) is 8.15. The maximum Gasteiger partial charge on any atom is 0.335 e. The Bertz CT molecular complexity index is 331. The first kappa shape index (κ1) is 16.8. The third kappa shape index (κ3) is 5.41. The molecule has 0 aromatic rings. The smallest absolute Gasteiger partial charge is 0.335 e. The summed E-state index contributed by atoms with van der Waals surface area (Å²) in [4.78, 5) is 21.3. The zero-order chi connectivity index (χ0) is 15.1. The van der Waals surface area contributed by atoms with E-state index in [9.17, 15) is 14.7 Å². The SMILES string of the molecule is O=C(O)C(O)CCCCOC1CCC(O)O[C@@H]1C(=O)O.